The van der Waals surface area contributed by atoms with Crippen LogP contribution in [-0.2, 0) is 25.6 Å². The van der Waals surface area contributed by atoms with Crippen LogP contribution >= 0.6 is 0 Å². The third-order valence-electron chi connectivity index (χ3n) is 4.06. The van der Waals surface area contributed by atoms with Crippen LogP contribution in [0.3, 0.4) is 0 Å². The average molecular weight is 403 g/mol. The second kappa shape index (κ2) is 9.49. The van der Waals surface area contributed by atoms with Gasteiger partial charge in [-0.3, -0.25) is 19.7 Å². The number of rotatable bonds is 8. The highest BCUT2D eigenvalue weighted by molar-refractivity contribution is 5.93. The summed E-state index contributed by atoms with van der Waals surface area (Å²) in [4.78, 5) is 46.1. The highest BCUT2D eigenvalue weighted by atomic mass is 16.6. The summed E-state index contributed by atoms with van der Waals surface area (Å²) in [5, 5.41) is 13.2. The predicted octanol–water partition coefficient (Wildman–Crippen LogP) is 2.37. The second-order valence-corrected chi connectivity index (χ2v) is 6.11. The number of hydrogen-bond donors (Lipinski definition) is 1. The summed E-state index contributed by atoms with van der Waals surface area (Å²) >= 11 is 0. The Labute approximate surface area is 166 Å². The molecule has 2 aromatic rings. The molecule has 0 atom stereocenters. The van der Waals surface area contributed by atoms with Gasteiger partial charge in [-0.2, -0.15) is 0 Å². The lowest BCUT2D eigenvalue weighted by Crippen LogP contribution is -2.23. The van der Waals surface area contributed by atoms with Crippen LogP contribution in [0, 0.1) is 24.0 Å². The van der Waals surface area contributed by atoms with Gasteiger partial charge in [0.25, 0.3) is 11.6 Å². The van der Waals surface area contributed by atoms with Crippen LogP contribution in [0.2, 0.25) is 0 Å². The molecule has 0 fully saturated rings. The van der Waals surface area contributed by atoms with E-state index in [1.165, 1.54) is 24.3 Å². The lowest BCUT2D eigenvalue weighted by Gasteiger charge is -2.10. The number of non-ortho nitro benzene ring substituents is 1. The molecule has 0 spiro atoms. The molecule has 1 amide bonds. The zero-order chi connectivity index (χ0) is 21.6. The fourth-order valence-corrected chi connectivity index (χ4v) is 2.68. The van der Waals surface area contributed by atoms with E-state index in [0.717, 1.165) is 0 Å². The molecular weight excluding hydrogens is 382 g/mol. The summed E-state index contributed by atoms with van der Waals surface area (Å²) in [6.07, 6.45) is 0. The van der Waals surface area contributed by atoms with Crippen molar-refractivity contribution < 1.29 is 28.8 Å². The Hall–Kier alpha value is -3.69. The Morgan fingerprint density at radius 2 is 1.90 bits per heavy atom. The van der Waals surface area contributed by atoms with Gasteiger partial charge in [-0.15, -0.1) is 0 Å². The van der Waals surface area contributed by atoms with Crippen molar-refractivity contribution in [2.75, 3.05) is 18.5 Å². The first-order chi connectivity index (χ1) is 13.7. The summed E-state index contributed by atoms with van der Waals surface area (Å²) in [6, 6.07) is 7.02. The molecule has 1 N–H and O–H groups in total. The number of benzene rings is 1. The van der Waals surface area contributed by atoms with Gasteiger partial charge in [0.2, 0.25) is 0 Å². The van der Waals surface area contributed by atoms with E-state index in [0.29, 0.717) is 17.0 Å². The van der Waals surface area contributed by atoms with E-state index in [1.54, 1.807) is 31.4 Å². The van der Waals surface area contributed by atoms with Crippen LogP contribution in [-0.4, -0.2) is 40.5 Å². The molecule has 154 valence electrons. The Balaban J connectivity index is 1.93. The van der Waals surface area contributed by atoms with E-state index in [4.69, 9.17) is 9.47 Å². The molecule has 1 aromatic heterocycles. The molecular formula is C19H21N3O7. The van der Waals surface area contributed by atoms with Gasteiger partial charge in [0.05, 0.1) is 17.1 Å². The number of aromatic nitrogens is 1. The first-order valence-electron chi connectivity index (χ1n) is 8.76. The van der Waals surface area contributed by atoms with Gasteiger partial charge in [-0.1, -0.05) is 6.07 Å². The number of nitro benzene ring substituents is 1. The number of carbonyl (C=O) groups excluding carboxylic acids is 3. The number of esters is 2. The van der Waals surface area contributed by atoms with Gasteiger partial charge < -0.3 is 19.4 Å². The molecule has 29 heavy (non-hydrogen) atoms. The van der Waals surface area contributed by atoms with Crippen molar-refractivity contribution in [1.29, 1.82) is 0 Å². The summed E-state index contributed by atoms with van der Waals surface area (Å²) in [5.41, 5.74) is 1.63. The zero-order valence-electron chi connectivity index (χ0n) is 16.3. The topological polar surface area (TPSA) is 130 Å². The lowest BCUT2D eigenvalue weighted by atomic mass is 10.2. The van der Waals surface area contributed by atoms with Crippen LogP contribution in [0.5, 0.6) is 0 Å². The van der Waals surface area contributed by atoms with Crippen molar-refractivity contribution >= 4 is 29.2 Å². The Kier molecular flexibility index (Phi) is 7.07. The fraction of sp³-hybridized carbons (Fsp3) is 0.316. The third kappa shape index (κ3) is 5.64. The van der Waals surface area contributed by atoms with E-state index >= 15 is 0 Å². The number of nitro groups is 1. The average Bonchev–Trinajstić information content (AvgIpc) is 2.95. The minimum absolute atomic E-state index is 0.171. The number of nitrogens with zero attached hydrogens (tertiary/aromatic N) is 2. The van der Waals surface area contributed by atoms with Crippen LogP contribution in [0.25, 0.3) is 0 Å². The molecule has 0 bridgehead atoms. The molecule has 0 aliphatic rings. The number of anilines is 1. The molecule has 0 saturated carbocycles. The van der Waals surface area contributed by atoms with E-state index in [1.807, 2.05) is 0 Å². The van der Waals surface area contributed by atoms with Crippen molar-refractivity contribution in [1.82, 2.24) is 4.57 Å². The monoisotopic (exact) mass is 403 g/mol. The van der Waals surface area contributed by atoms with Crippen LogP contribution < -0.4 is 5.32 Å². The lowest BCUT2D eigenvalue weighted by molar-refractivity contribution is -0.384. The first-order valence-corrected chi connectivity index (χ1v) is 8.76. The molecule has 0 unspecified atom stereocenters. The van der Waals surface area contributed by atoms with E-state index in [9.17, 15) is 24.5 Å². The van der Waals surface area contributed by atoms with Gasteiger partial charge in [0, 0.05) is 29.2 Å². The quantitative estimate of drug-likeness (QED) is 0.407. The molecule has 10 nitrogen and oxygen atoms in total. The minimum atomic E-state index is -0.670. The molecule has 1 aromatic carbocycles. The van der Waals surface area contributed by atoms with Crippen LogP contribution in [0.15, 0.2) is 30.3 Å². The maximum Gasteiger partial charge on any atom is 0.339 e. The molecule has 0 aliphatic heterocycles. The molecule has 0 radical (unpaired) electrons. The van der Waals surface area contributed by atoms with Crippen molar-refractivity contribution in [3.8, 4) is 0 Å². The molecule has 0 saturated heterocycles. The minimum Gasteiger partial charge on any atom is -0.462 e. The van der Waals surface area contributed by atoms with E-state index in [-0.39, 0.29) is 24.5 Å². The fourth-order valence-electron chi connectivity index (χ4n) is 2.68. The smallest absolute Gasteiger partial charge is 0.339 e. The van der Waals surface area contributed by atoms with Crippen molar-refractivity contribution in [3.63, 3.8) is 0 Å². The van der Waals surface area contributed by atoms with Crippen molar-refractivity contribution in [3.05, 3.63) is 57.4 Å². The van der Waals surface area contributed by atoms with Gasteiger partial charge in [-0.05, 0) is 32.9 Å². The Morgan fingerprint density at radius 1 is 1.17 bits per heavy atom. The van der Waals surface area contributed by atoms with E-state index < -0.39 is 29.4 Å². The van der Waals surface area contributed by atoms with Gasteiger partial charge in [0.15, 0.2) is 6.61 Å². The molecule has 2 rings (SSSR count). The van der Waals surface area contributed by atoms with Crippen molar-refractivity contribution in [2.24, 2.45) is 0 Å². The Bertz CT molecular complexity index is 949. The van der Waals surface area contributed by atoms with Gasteiger partial charge in [0.1, 0.15) is 6.54 Å². The maximum absolute atomic E-state index is 12.1. The molecule has 1 heterocycles. The van der Waals surface area contributed by atoms with Gasteiger partial charge in [-0.25, -0.2) is 4.79 Å². The molecule has 10 heteroatoms. The zero-order valence-corrected chi connectivity index (χ0v) is 16.3. The van der Waals surface area contributed by atoms with Crippen molar-refractivity contribution in [2.45, 2.75) is 27.3 Å². The van der Waals surface area contributed by atoms with Crippen LogP contribution in [0.1, 0.15) is 28.7 Å². The first kappa shape index (κ1) is 21.6. The summed E-state index contributed by atoms with van der Waals surface area (Å²) in [5.74, 6) is -1.78. The Morgan fingerprint density at radius 3 is 2.55 bits per heavy atom. The van der Waals surface area contributed by atoms with Gasteiger partial charge >= 0.3 is 11.9 Å². The SMILES string of the molecule is CCOC(=O)c1cc(C)n(CC(=O)OCC(=O)Nc2cccc([N+](=O)[O-])c2)c1C. The number of amides is 1. The standard InChI is InChI=1S/C19H21N3O7/c1-4-28-19(25)16-8-12(2)21(13(16)3)10-18(24)29-11-17(23)20-14-6-5-7-15(9-14)22(26)27/h5-9H,4,10-11H2,1-3H3,(H,20,23). The maximum atomic E-state index is 12.1. The summed E-state index contributed by atoms with van der Waals surface area (Å²) < 4.78 is 11.5. The van der Waals surface area contributed by atoms with Crippen LogP contribution in [0.4, 0.5) is 11.4 Å². The normalized spacial score (nSPS) is 10.3. The molecule has 0 aliphatic carbocycles. The number of nitrogens with one attached hydrogen (secondary N) is 1. The number of hydrogen-bond acceptors (Lipinski definition) is 7. The number of ether oxygens (including phenoxy) is 2. The summed E-state index contributed by atoms with van der Waals surface area (Å²) in [6.45, 7) is 4.63. The summed E-state index contributed by atoms with van der Waals surface area (Å²) in [7, 11) is 0. The highest BCUT2D eigenvalue weighted by Crippen LogP contribution is 2.18. The highest BCUT2D eigenvalue weighted by Gasteiger charge is 2.19. The number of aryl methyl sites for hydroxylation is 1. The number of carbonyl (C=O) groups is 3. The second-order valence-electron chi connectivity index (χ2n) is 6.11. The predicted molar refractivity (Wildman–Crippen MR) is 103 cm³/mol. The largest absolute Gasteiger partial charge is 0.462 e. The van der Waals surface area contributed by atoms with E-state index in [2.05, 4.69) is 5.32 Å². The third-order valence-corrected chi connectivity index (χ3v) is 4.06.